The number of rotatable bonds is 5. The summed E-state index contributed by atoms with van der Waals surface area (Å²) in [6.45, 7) is 3.60. The van der Waals surface area contributed by atoms with E-state index in [0.29, 0.717) is 5.82 Å². The summed E-state index contributed by atoms with van der Waals surface area (Å²) in [7, 11) is 1.29. The monoisotopic (exact) mass is 234 g/mol. The van der Waals surface area contributed by atoms with E-state index in [1.54, 1.807) is 24.4 Å². The van der Waals surface area contributed by atoms with Crippen LogP contribution in [0, 0.1) is 0 Å². The molecule has 0 saturated carbocycles. The van der Waals surface area contributed by atoms with Gasteiger partial charge in [-0.25, -0.2) is 4.98 Å². The van der Waals surface area contributed by atoms with Crippen LogP contribution in [0.25, 0.3) is 6.08 Å². The predicted molar refractivity (Wildman–Crippen MR) is 64.2 cm³/mol. The number of aromatic nitrogens is 1. The summed E-state index contributed by atoms with van der Waals surface area (Å²) in [5, 5.41) is 2.58. The molecule has 0 saturated heterocycles. The Bertz CT molecular complexity index is 412. The van der Waals surface area contributed by atoms with Gasteiger partial charge in [0.2, 0.25) is 5.91 Å². The Hall–Kier alpha value is -2.17. The molecule has 17 heavy (non-hydrogen) atoms. The molecule has 0 atom stereocenters. The molecule has 0 spiro atoms. The number of methoxy groups -OCH3 is 1. The van der Waals surface area contributed by atoms with Gasteiger partial charge in [0.1, 0.15) is 5.82 Å². The highest BCUT2D eigenvalue weighted by Crippen LogP contribution is 2.06. The van der Waals surface area contributed by atoms with Crippen molar-refractivity contribution in [1.29, 1.82) is 0 Å². The summed E-state index contributed by atoms with van der Waals surface area (Å²) in [4.78, 5) is 26.2. The fourth-order valence-electron chi connectivity index (χ4n) is 1.12. The van der Waals surface area contributed by atoms with Crippen LogP contribution in [0.15, 0.2) is 24.9 Å². The van der Waals surface area contributed by atoms with E-state index >= 15 is 0 Å². The average Bonchev–Trinajstić information content (AvgIpc) is 2.36. The van der Waals surface area contributed by atoms with Crippen LogP contribution in [-0.4, -0.2) is 24.0 Å². The molecule has 1 aromatic rings. The van der Waals surface area contributed by atoms with Crippen LogP contribution in [-0.2, 0) is 14.3 Å². The van der Waals surface area contributed by atoms with Crippen LogP contribution in [0.5, 0.6) is 0 Å². The Labute approximate surface area is 99.5 Å². The Morgan fingerprint density at radius 1 is 1.47 bits per heavy atom. The second-order valence-corrected chi connectivity index (χ2v) is 3.31. The number of hydrogen-bond acceptors (Lipinski definition) is 4. The number of ether oxygens (including phenoxy) is 1. The van der Waals surface area contributed by atoms with Crippen molar-refractivity contribution in [3.05, 3.63) is 30.5 Å². The van der Waals surface area contributed by atoms with E-state index in [0.717, 1.165) is 5.56 Å². The first-order valence-electron chi connectivity index (χ1n) is 5.11. The van der Waals surface area contributed by atoms with Crippen molar-refractivity contribution >= 4 is 23.8 Å². The number of nitrogens with zero attached hydrogens (tertiary/aromatic N) is 1. The smallest absolute Gasteiger partial charge is 0.306 e. The maximum atomic E-state index is 11.4. The molecule has 1 rings (SSSR count). The zero-order valence-corrected chi connectivity index (χ0v) is 9.60. The molecule has 1 amide bonds. The highest BCUT2D eigenvalue weighted by atomic mass is 16.5. The summed E-state index contributed by atoms with van der Waals surface area (Å²) in [5.74, 6) is -0.227. The minimum absolute atomic E-state index is 0.0626. The summed E-state index contributed by atoms with van der Waals surface area (Å²) < 4.78 is 4.44. The van der Waals surface area contributed by atoms with E-state index in [1.165, 1.54) is 7.11 Å². The van der Waals surface area contributed by atoms with Gasteiger partial charge >= 0.3 is 5.97 Å². The molecule has 90 valence electrons. The van der Waals surface area contributed by atoms with Gasteiger partial charge in [-0.2, -0.15) is 0 Å². The van der Waals surface area contributed by atoms with Gasteiger partial charge in [0.25, 0.3) is 0 Å². The zero-order valence-electron chi connectivity index (χ0n) is 9.60. The van der Waals surface area contributed by atoms with Gasteiger partial charge in [-0.3, -0.25) is 9.59 Å². The largest absolute Gasteiger partial charge is 0.469 e. The van der Waals surface area contributed by atoms with Crippen molar-refractivity contribution in [2.75, 3.05) is 12.4 Å². The molecular formula is C12H14N2O3. The van der Waals surface area contributed by atoms with E-state index in [4.69, 9.17) is 0 Å². The maximum Gasteiger partial charge on any atom is 0.306 e. The SMILES string of the molecule is C=Cc1ccc(NC(=O)CCC(=O)OC)nc1. The average molecular weight is 234 g/mol. The lowest BCUT2D eigenvalue weighted by atomic mass is 10.2. The number of carbonyl (C=O) groups excluding carboxylic acids is 2. The molecule has 1 heterocycles. The minimum atomic E-state index is -0.407. The Kier molecular flexibility index (Phi) is 4.87. The first-order chi connectivity index (χ1) is 8.15. The fraction of sp³-hybridized carbons (Fsp3) is 0.250. The van der Waals surface area contributed by atoms with Crippen molar-refractivity contribution < 1.29 is 14.3 Å². The van der Waals surface area contributed by atoms with E-state index < -0.39 is 5.97 Å². The Morgan fingerprint density at radius 3 is 2.76 bits per heavy atom. The number of hydrogen-bond donors (Lipinski definition) is 1. The first-order valence-corrected chi connectivity index (χ1v) is 5.11. The molecule has 5 nitrogen and oxygen atoms in total. The van der Waals surface area contributed by atoms with Crippen LogP contribution in [0.4, 0.5) is 5.82 Å². The highest BCUT2D eigenvalue weighted by Gasteiger charge is 2.07. The van der Waals surface area contributed by atoms with Crippen LogP contribution >= 0.6 is 0 Å². The molecule has 1 aromatic heterocycles. The predicted octanol–water partition coefficient (Wildman–Crippen LogP) is 1.62. The summed E-state index contributed by atoms with van der Waals surface area (Å²) in [6, 6.07) is 3.46. The lowest BCUT2D eigenvalue weighted by Crippen LogP contribution is -2.14. The third-order valence-corrected chi connectivity index (χ3v) is 2.07. The van der Waals surface area contributed by atoms with E-state index in [-0.39, 0.29) is 18.7 Å². The van der Waals surface area contributed by atoms with Gasteiger partial charge < -0.3 is 10.1 Å². The molecule has 0 unspecified atom stereocenters. The summed E-state index contributed by atoms with van der Waals surface area (Å²) >= 11 is 0. The van der Waals surface area contributed by atoms with E-state index in [1.807, 2.05) is 0 Å². The van der Waals surface area contributed by atoms with Gasteiger partial charge in [0, 0.05) is 12.6 Å². The van der Waals surface area contributed by atoms with Crippen LogP contribution in [0.3, 0.4) is 0 Å². The van der Waals surface area contributed by atoms with Gasteiger partial charge in [-0.1, -0.05) is 12.7 Å². The third kappa shape index (κ3) is 4.46. The van der Waals surface area contributed by atoms with Gasteiger partial charge in [-0.05, 0) is 17.7 Å². The number of carbonyl (C=O) groups is 2. The number of anilines is 1. The topological polar surface area (TPSA) is 68.3 Å². The molecule has 1 N–H and O–H groups in total. The van der Waals surface area contributed by atoms with E-state index in [2.05, 4.69) is 21.6 Å². The normalized spacial score (nSPS) is 9.47. The molecule has 0 fully saturated rings. The van der Waals surface area contributed by atoms with Gasteiger partial charge in [0.15, 0.2) is 0 Å². The van der Waals surface area contributed by atoms with Gasteiger partial charge in [0.05, 0.1) is 13.5 Å². The summed E-state index contributed by atoms with van der Waals surface area (Å²) in [5.41, 5.74) is 0.873. The molecule has 0 bridgehead atoms. The fourth-order valence-corrected chi connectivity index (χ4v) is 1.12. The highest BCUT2D eigenvalue weighted by molar-refractivity contribution is 5.91. The standard InChI is InChI=1S/C12H14N2O3/c1-3-9-4-5-10(13-8-9)14-11(15)6-7-12(16)17-2/h3-5,8H,1,6-7H2,2H3,(H,13,14,15). The molecule has 0 aliphatic carbocycles. The molecule has 0 aromatic carbocycles. The van der Waals surface area contributed by atoms with Crippen LogP contribution < -0.4 is 5.32 Å². The minimum Gasteiger partial charge on any atom is -0.469 e. The lowest BCUT2D eigenvalue weighted by Gasteiger charge is -2.03. The van der Waals surface area contributed by atoms with Gasteiger partial charge in [-0.15, -0.1) is 0 Å². The number of pyridine rings is 1. The number of amides is 1. The number of nitrogens with one attached hydrogen (secondary N) is 1. The Balaban J connectivity index is 2.44. The second kappa shape index (κ2) is 6.42. The van der Waals surface area contributed by atoms with Crippen LogP contribution in [0.1, 0.15) is 18.4 Å². The first kappa shape index (κ1) is 12.9. The van der Waals surface area contributed by atoms with E-state index in [9.17, 15) is 9.59 Å². The molecule has 0 radical (unpaired) electrons. The van der Waals surface area contributed by atoms with Crippen molar-refractivity contribution in [2.24, 2.45) is 0 Å². The molecule has 0 aliphatic rings. The van der Waals surface area contributed by atoms with Crippen molar-refractivity contribution in [1.82, 2.24) is 4.98 Å². The number of esters is 1. The van der Waals surface area contributed by atoms with Crippen LogP contribution in [0.2, 0.25) is 0 Å². The second-order valence-electron chi connectivity index (χ2n) is 3.31. The van der Waals surface area contributed by atoms with Crippen molar-refractivity contribution in [2.45, 2.75) is 12.8 Å². The lowest BCUT2D eigenvalue weighted by molar-refractivity contribution is -0.141. The zero-order chi connectivity index (χ0) is 12.7. The molecular weight excluding hydrogens is 220 g/mol. The van der Waals surface area contributed by atoms with Crippen molar-refractivity contribution in [3.8, 4) is 0 Å². The summed E-state index contributed by atoms with van der Waals surface area (Å²) in [6.07, 6.45) is 3.41. The molecule has 5 heteroatoms. The maximum absolute atomic E-state index is 11.4. The Morgan fingerprint density at radius 2 is 2.24 bits per heavy atom. The molecule has 0 aliphatic heterocycles. The third-order valence-electron chi connectivity index (χ3n) is 2.07. The van der Waals surface area contributed by atoms with Crippen molar-refractivity contribution in [3.63, 3.8) is 0 Å². The quantitative estimate of drug-likeness (QED) is 0.786.